The van der Waals surface area contributed by atoms with Gasteiger partial charge >= 0.3 is 0 Å². The number of methoxy groups -OCH3 is 1. The van der Waals surface area contributed by atoms with Crippen molar-refractivity contribution in [2.24, 2.45) is 0 Å². The highest BCUT2D eigenvalue weighted by molar-refractivity contribution is 5.85. The van der Waals surface area contributed by atoms with Crippen LogP contribution in [0.2, 0.25) is 0 Å². The molecule has 1 fully saturated rings. The van der Waals surface area contributed by atoms with E-state index in [-0.39, 0.29) is 23.3 Å². The van der Waals surface area contributed by atoms with Gasteiger partial charge in [0.1, 0.15) is 17.5 Å². The zero-order valence-electron chi connectivity index (χ0n) is 11.4. The van der Waals surface area contributed by atoms with Crippen LogP contribution >= 0.6 is 0 Å². The fourth-order valence-electron chi connectivity index (χ4n) is 1.77. The summed E-state index contributed by atoms with van der Waals surface area (Å²) in [5.74, 6) is 0.331. The van der Waals surface area contributed by atoms with Crippen LogP contribution in [0.1, 0.15) is 19.8 Å². The van der Waals surface area contributed by atoms with E-state index in [0.717, 1.165) is 12.8 Å². The maximum absolute atomic E-state index is 11.9. The summed E-state index contributed by atoms with van der Waals surface area (Å²) in [5, 5.41) is 16.7. The molecule has 0 aromatic heterocycles. The lowest BCUT2D eigenvalue weighted by Gasteiger charge is -2.15. The minimum atomic E-state index is -0.554. The van der Waals surface area contributed by atoms with Gasteiger partial charge < -0.3 is 15.4 Å². The lowest BCUT2D eigenvalue weighted by molar-refractivity contribution is -0.384. The third kappa shape index (κ3) is 3.37. The van der Waals surface area contributed by atoms with Crippen molar-refractivity contribution in [3.63, 3.8) is 0 Å². The average Bonchev–Trinajstić information content (AvgIpc) is 3.22. The lowest BCUT2D eigenvalue weighted by atomic mass is 10.2. The molecule has 1 aromatic rings. The average molecular weight is 279 g/mol. The number of rotatable bonds is 6. The second-order valence-electron chi connectivity index (χ2n) is 4.79. The second kappa shape index (κ2) is 5.77. The van der Waals surface area contributed by atoms with Crippen LogP contribution in [0, 0.1) is 10.1 Å². The molecular weight excluding hydrogens is 262 g/mol. The van der Waals surface area contributed by atoms with Gasteiger partial charge in [0.05, 0.1) is 12.0 Å². The Kier molecular flexibility index (Phi) is 4.07. The molecule has 1 unspecified atom stereocenters. The lowest BCUT2D eigenvalue weighted by Crippen LogP contribution is -2.38. The molecule has 1 saturated carbocycles. The SMILES string of the molecule is COc1ccc([N+](=O)[O-])c(NC(C)C(=O)NC2CC2)c1. The van der Waals surface area contributed by atoms with E-state index in [1.54, 1.807) is 6.92 Å². The van der Waals surface area contributed by atoms with Crippen LogP contribution in [0.5, 0.6) is 5.75 Å². The molecule has 1 aliphatic carbocycles. The van der Waals surface area contributed by atoms with Crippen LogP contribution in [-0.4, -0.2) is 30.0 Å². The van der Waals surface area contributed by atoms with Gasteiger partial charge in [0, 0.05) is 18.2 Å². The van der Waals surface area contributed by atoms with Crippen LogP contribution in [0.15, 0.2) is 18.2 Å². The van der Waals surface area contributed by atoms with Crippen molar-refractivity contribution < 1.29 is 14.5 Å². The molecule has 1 amide bonds. The van der Waals surface area contributed by atoms with Crippen molar-refractivity contribution >= 4 is 17.3 Å². The summed E-state index contributed by atoms with van der Waals surface area (Å²) in [7, 11) is 1.48. The van der Waals surface area contributed by atoms with Crippen LogP contribution in [0.3, 0.4) is 0 Å². The van der Waals surface area contributed by atoms with E-state index in [1.807, 2.05) is 0 Å². The molecule has 0 radical (unpaired) electrons. The number of ether oxygens (including phenoxy) is 1. The second-order valence-corrected chi connectivity index (χ2v) is 4.79. The molecule has 0 bridgehead atoms. The van der Waals surface area contributed by atoms with E-state index in [9.17, 15) is 14.9 Å². The maximum atomic E-state index is 11.9. The molecule has 2 N–H and O–H groups in total. The molecule has 1 aliphatic rings. The van der Waals surface area contributed by atoms with E-state index in [2.05, 4.69) is 10.6 Å². The summed E-state index contributed by atoms with van der Waals surface area (Å²) in [6, 6.07) is 4.08. The molecular formula is C13H17N3O4. The molecule has 108 valence electrons. The Morgan fingerprint density at radius 1 is 1.50 bits per heavy atom. The van der Waals surface area contributed by atoms with Gasteiger partial charge in [0.15, 0.2) is 0 Å². The molecule has 7 nitrogen and oxygen atoms in total. The summed E-state index contributed by atoms with van der Waals surface area (Å²) in [6.07, 6.45) is 2.00. The Hall–Kier alpha value is -2.31. The Balaban J connectivity index is 2.12. The van der Waals surface area contributed by atoms with E-state index in [1.165, 1.54) is 25.3 Å². The third-order valence-electron chi connectivity index (χ3n) is 3.09. The van der Waals surface area contributed by atoms with Gasteiger partial charge in [-0.3, -0.25) is 14.9 Å². The van der Waals surface area contributed by atoms with Gasteiger partial charge in [0.25, 0.3) is 5.69 Å². The molecule has 20 heavy (non-hydrogen) atoms. The van der Waals surface area contributed by atoms with Gasteiger partial charge in [-0.25, -0.2) is 0 Å². The van der Waals surface area contributed by atoms with Gasteiger partial charge in [-0.1, -0.05) is 0 Å². The number of nitrogens with zero attached hydrogens (tertiary/aromatic N) is 1. The fourth-order valence-corrected chi connectivity index (χ4v) is 1.77. The van der Waals surface area contributed by atoms with E-state index in [4.69, 9.17) is 4.74 Å². The largest absolute Gasteiger partial charge is 0.497 e. The summed E-state index contributed by atoms with van der Waals surface area (Å²) in [6.45, 7) is 1.67. The number of nitro groups is 1. The van der Waals surface area contributed by atoms with Gasteiger partial charge in [0.2, 0.25) is 5.91 Å². The molecule has 7 heteroatoms. The Labute approximate surface area is 116 Å². The Bertz CT molecular complexity index is 528. The van der Waals surface area contributed by atoms with Gasteiger partial charge in [-0.15, -0.1) is 0 Å². The highest BCUT2D eigenvalue weighted by atomic mass is 16.6. The van der Waals surface area contributed by atoms with Crippen LogP contribution in [0.4, 0.5) is 11.4 Å². The van der Waals surface area contributed by atoms with Crippen molar-refractivity contribution in [3.05, 3.63) is 28.3 Å². The van der Waals surface area contributed by atoms with Crippen LogP contribution in [0.25, 0.3) is 0 Å². The standard InChI is InChI=1S/C13H17N3O4/c1-8(13(17)15-9-3-4-9)14-11-7-10(20-2)5-6-12(11)16(18)19/h5-9,14H,3-4H2,1-2H3,(H,15,17). The minimum Gasteiger partial charge on any atom is -0.497 e. The highest BCUT2D eigenvalue weighted by Crippen LogP contribution is 2.29. The molecule has 0 heterocycles. The predicted molar refractivity (Wildman–Crippen MR) is 73.9 cm³/mol. The fraction of sp³-hybridized carbons (Fsp3) is 0.462. The molecule has 1 aromatic carbocycles. The number of nitrogens with one attached hydrogen (secondary N) is 2. The van der Waals surface area contributed by atoms with Gasteiger partial charge in [-0.05, 0) is 25.8 Å². The predicted octanol–water partition coefficient (Wildman–Crippen LogP) is 1.68. The summed E-state index contributed by atoms with van der Waals surface area (Å²) < 4.78 is 5.04. The minimum absolute atomic E-state index is 0.0862. The quantitative estimate of drug-likeness (QED) is 0.610. The smallest absolute Gasteiger partial charge is 0.292 e. The van der Waals surface area contributed by atoms with Crippen molar-refractivity contribution in [1.82, 2.24) is 5.32 Å². The first-order valence-electron chi connectivity index (χ1n) is 6.40. The first-order valence-corrected chi connectivity index (χ1v) is 6.40. The zero-order valence-corrected chi connectivity index (χ0v) is 11.4. The highest BCUT2D eigenvalue weighted by Gasteiger charge is 2.26. The summed E-state index contributed by atoms with van der Waals surface area (Å²) in [5.41, 5.74) is 0.185. The van der Waals surface area contributed by atoms with Crippen molar-refractivity contribution in [2.45, 2.75) is 31.8 Å². The van der Waals surface area contributed by atoms with Crippen molar-refractivity contribution in [2.75, 3.05) is 12.4 Å². The number of carbonyl (C=O) groups is 1. The topological polar surface area (TPSA) is 93.5 Å². The Morgan fingerprint density at radius 2 is 2.20 bits per heavy atom. The van der Waals surface area contributed by atoms with Crippen molar-refractivity contribution in [3.8, 4) is 5.75 Å². The number of benzene rings is 1. The molecule has 0 spiro atoms. The van der Waals surface area contributed by atoms with E-state index in [0.29, 0.717) is 5.75 Å². The first-order chi connectivity index (χ1) is 9.51. The van der Waals surface area contributed by atoms with E-state index < -0.39 is 11.0 Å². The normalized spacial score (nSPS) is 15.3. The molecule has 1 atom stereocenters. The number of carbonyl (C=O) groups excluding carboxylic acids is 1. The number of amides is 1. The van der Waals surface area contributed by atoms with Crippen LogP contribution in [-0.2, 0) is 4.79 Å². The molecule has 0 saturated heterocycles. The third-order valence-corrected chi connectivity index (χ3v) is 3.09. The number of anilines is 1. The molecule has 0 aliphatic heterocycles. The maximum Gasteiger partial charge on any atom is 0.292 e. The number of hydrogen-bond acceptors (Lipinski definition) is 5. The summed E-state index contributed by atoms with van der Waals surface area (Å²) >= 11 is 0. The Morgan fingerprint density at radius 3 is 2.75 bits per heavy atom. The van der Waals surface area contributed by atoms with Crippen molar-refractivity contribution in [1.29, 1.82) is 0 Å². The number of nitro benzene ring substituents is 1. The van der Waals surface area contributed by atoms with E-state index >= 15 is 0 Å². The van der Waals surface area contributed by atoms with Gasteiger partial charge in [-0.2, -0.15) is 0 Å². The molecule has 2 rings (SSSR count). The number of hydrogen-bond donors (Lipinski definition) is 2. The first kappa shape index (κ1) is 14.1. The van der Waals surface area contributed by atoms with Crippen LogP contribution < -0.4 is 15.4 Å². The zero-order chi connectivity index (χ0) is 14.7. The summed E-state index contributed by atoms with van der Waals surface area (Å²) in [4.78, 5) is 22.4. The monoisotopic (exact) mass is 279 g/mol.